The van der Waals surface area contributed by atoms with Crippen LogP contribution in [0.25, 0.3) is 10.2 Å². The molecule has 0 fully saturated rings. The second-order valence-corrected chi connectivity index (χ2v) is 4.97. The van der Waals surface area contributed by atoms with E-state index in [1.807, 2.05) is 0 Å². The van der Waals surface area contributed by atoms with Crippen molar-refractivity contribution in [2.45, 2.75) is 6.92 Å². The second-order valence-electron chi connectivity index (χ2n) is 4.20. The molecule has 0 spiro atoms. The van der Waals surface area contributed by atoms with E-state index < -0.39 is 11.2 Å². The van der Waals surface area contributed by atoms with Crippen LogP contribution < -0.4 is 16.7 Å². The maximum Gasteiger partial charge on any atom is 0.348 e. The number of aromatic nitrogens is 3. The Morgan fingerprint density at radius 3 is 2.62 bits per heavy atom. The molecule has 0 atom stereocenters. The summed E-state index contributed by atoms with van der Waals surface area (Å²) in [6, 6.07) is 6.03. The zero-order valence-electron chi connectivity index (χ0n) is 11.4. The maximum absolute atomic E-state index is 12.3. The van der Waals surface area contributed by atoms with Crippen LogP contribution in [0.15, 0.2) is 33.9 Å². The molecule has 0 aliphatic carbocycles. The van der Waals surface area contributed by atoms with Crippen molar-refractivity contribution in [1.29, 1.82) is 0 Å². The van der Waals surface area contributed by atoms with Gasteiger partial charge in [0.25, 0.3) is 5.56 Å². The fourth-order valence-electron chi connectivity index (χ4n) is 1.83. The molecule has 3 aromatic rings. The standard InChI is InChI=1S/C12H10N4O3S.Na/c1-6-9-10(20-15-6)13-12(19)16(11(9)18)14-7-2-4-8(17)5-3-7;/h2-5,14,17H,1H3,(H,13,19);. The Morgan fingerprint density at radius 2 is 1.95 bits per heavy atom. The quantitative estimate of drug-likeness (QED) is 0.476. The number of aromatic amines is 1. The molecule has 0 saturated carbocycles. The first-order valence-corrected chi connectivity index (χ1v) is 6.51. The first kappa shape index (κ1) is 15.8. The van der Waals surface area contributed by atoms with E-state index in [1.165, 1.54) is 12.1 Å². The molecule has 1 aromatic carbocycles. The summed E-state index contributed by atoms with van der Waals surface area (Å²) in [6.45, 7) is 1.71. The zero-order valence-corrected chi connectivity index (χ0v) is 14.2. The molecule has 0 saturated heterocycles. The number of H-pyrrole nitrogens is 1. The first-order valence-electron chi connectivity index (χ1n) is 5.73. The summed E-state index contributed by atoms with van der Waals surface area (Å²) in [4.78, 5) is 27.3. The number of rotatable bonds is 2. The molecule has 0 aliphatic heterocycles. The number of phenols is 1. The number of nitrogens with zero attached hydrogens (tertiary/aromatic N) is 2. The van der Waals surface area contributed by atoms with Crippen molar-refractivity contribution < 1.29 is 5.11 Å². The molecule has 0 bridgehead atoms. The molecule has 2 heterocycles. The summed E-state index contributed by atoms with van der Waals surface area (Å²) < 4.78 is 4.94. The van der Waals surface area contributed by atoms with Gasteiger partial charge in [-0.15, -0.1) is 0 Å². The minimum absolute atomic E-state index is 0. The number of hydrogen-bond acceptors (Lipinski definition) is 6. The van der Waals surface area contributed by atoms with Crippen LogP contribution in [0.2, 0.25) is 0 Å². The normalized spacial score (nSPS) is 10.3. The molecular formula is C12H10N4NaO3S. The van der Waals surface area contributed by atoms with Crippen LogP contribution in [0, 0.1) is 6.92 Å². The van der Waals surface area contributed by atoms with Gasteiger partial charge in [0.1, 0.15) is 10.6 Å². The average Bonchev–Trinajstić information content (AvgIpc) is 2.78. The fourth-order valence-corrected chi connectivity index (χ4v) is 2.61. The summed E-state index contributed by atoms with van der Waals surface area (Å²) in [5.74, 6) is 0.102. The Bertz CT molecular complexity index is 897. The molecule has 103 valence electrons. The summed E-state index contributed by atoms with van der Waals surface area (Å²) in [6.07, 6.45) is 0. The third-order valence-corrected chi connectivity index (χ3v) is 3.67. The van der Waals surface area contributed by atoms with Gasteiger partial charge in [0.15, 0.2) is 0 Å². The minimum atomic E-state index is -0.570. The Balaban J connectivity index is 0.00000161. The summed E-state index contributed by atoms with van der Waals surface area (Å²) in [5.41, 5.74) is 2.76. The van der Waals surface area contributed by atoms with Crippen molar-refractivity contribution in [1.82, 2.24) is 14.0 Å². The van der Waals surface area contributed by atoms with E-state index in [2.05, 4.69) is 14.8 Å². The Labute approximate surface area is 144 Å². The van der Waals surface area contributed by atoms with E-state index in [9.17, 15) is 14.7 Å². The van der Waals surface area contributed by atoms with Crippen LogP contribution in [-0.2, 0) is 0 Å². The van der Waals surface area contributed by atoms with Crippen molar-refractivity contribution in [2.75, 3.05) is 5.43 Å². The van der Waals surface area contributed by atoms with E-state index in [4.69, 9.17) is 0 Å². The van der Waals surface area contributed by atoms with Crippen LogP contribution in [0.3, 0.4) is 0 Å². The summed E-state index contributed by atoms with van der Waals surface area (Å²) >= 11 is 1.08. The number of aryl methyl sites for hydroxylation is 1. The molecule has 2 aromatic heterocycles. The van der Waals surface area contributed by atoms with E-state index in [-0.39, 0.29) is 35.3 Å². The van der Waals surface area contributed by atoms with Crippen molar-refractivity contribution in [3.8, 4) is 5.75 Å². The van der Waals surface area contributed by atoms with Gasteiger partial charge in [-0.25, -0.2) is 4.79 Å². The number of fused-ring (bicyclic) bond motifs is 1. The van der Waals surface area contributed by atoms with Gasteiger partial charge in [-0.05, 0) is 42.7 Å². The number of hydrogen-bond donors (Lipinski definition) is 3. The fraction of sp³-hybridized carbons (Fsp3) is 0.0833. The van der Waals surface area contributed by atoms with Crippen LogP contribution in [0.5, 0.6) is 5.75 Å². The van der Waals surface area contributed by atoms with Gasteiger partial charge in [-0.1, -0.05) is 0 Å². The van der Waals surface area contributed by atoms with E-state index >= 15 is 0 Å². The van der Waals surface area contributed by atoms with Crippen LogP contribution >= 0.6 is 11.5 Å². The van der Waals surface area contributed by atoms with E-state index in [1.54, 1.807) is 19.1 Å². The van der Waals surface area contributed by atoms with Gasteiger partial charge in [0.05, 0.1) is 16.8 Å². The zero-order chi connectivity index (χ0) is 14.3. The van der Waals surface area contributed by atoms with Gasteiger partial charge in [0.2, 0.25) is 0 Å². The van der Waals surface area contributed by atoms with Gasteiger partial charge in [-0.3, -0.25) is 15.2 Å². The van der Waals surface area contributed by atoms with Crippen molar-refractivity contribution in [3.63, 3.8) is 0 Å². The number of aromatic hydroxyl groups is 1. The minimum Gasteiger partial charge on any atom is -0.508 e. The summed E-state index contributed by atoms with van der Waals surface area (Å²) in [5, 5.41) is 9.60. The number of anilines is 1. The molecule has 3 N–H and O–H groups in total. The van der Waals surface area contributed by atoms with Crippen LogP contribution in [0.1, 0.15) is 5.69 Å². The number of benzene rings is 1. The van der Waals surface area contributed by atoms with Gasteiger partial charge in [-0.2, -0.15) is 9.05 Å². The van der Waals surface area contributed by atoms with Crippen LogP contribution in [0.4, 0.5) is 5.69 Å². The molecule has 0 aliphatic rings. The van der Waals surface area contributed by atoms with Crippen molar-refractivity contribution >= 4 is 57.0 Å². The van der Waals surface area contributed by atoms with Crippen LogP contribution in [-0.4, -0.2) is 48.7 Å². The maximum atomic E-state index is 12.3. The monoisotopic (exact) mass is 313 g/mol. The third kappa shape index (κ3) is 2.88. The average molecular weight is 313 g/mol. The number of nitrogens with one attached hydrogen (secondary N) is 2. The van der Waals surface area contributed by atoms with Gasteiger partial charge >= 0.3 is 5.69 Å². The third-order valence-electron chi connectivity index (χ3n) is 2.81. The topological polar surface area (TPSA) is 100 Å². The van der Waals surface area contributed by atoms with E-state index in [0.29, 0.717) is 21.6 Å². The Morgan fingerprint density at radius 1 is 1.29 bits per heavy atom. The molecule has 21 heavy (non-hydrogen) atoms. The molecule has 7 nitrogen and oxygen atoms in total. The molecule has 9 heteroatoms. The molecule has 0 amide bonds. The molecular weight excluding hydrogens is 303 g/mol. The van der Waals surface area contributed by atoms with Gasteiger partial charge in [0, 0.05) is 29.6 Å². The van der Waals surface area contributed by atoms with Crippen molar-refractivity contribution in [3.05, 3.63) is 50.8 Å². The Hall–Kier alpha value is -1.61. The molecule has 3 rings (SSSR count). The van der Waals surface area contributed by atoms with Crippen molar-refractivity contribution in [2.24, 2.45) is 0 Å². The second kappa shape index (κ2) is 6.02. The number of phenolic OH excluding ortho intramolecular Hbond substituents is 1. The Kier molecular flexibility index (Phi) is 4.52. The summed E-state index contributed by atoms with van der Waals surface area (Å²) in [7, 11) is 0. The SMILES string of the molecule is Cc1nsc2[nH]c(=O)n(Nc3ccc(O)cc3)c(=O)c12.[Na]. The molecule has 1 radical (unpaired) electrons. The smallest absolute Gasteiger partial charge is 0.348 e. The first-order chi connectivity index (χ1) is 9.56. The van der Waals surface area contributed by atoms with Gasteiger partial charge < -0.3 is 5.11 Å². The largest absolute Gasteiger partial charge is 0.508 e. The predicted molar refractivity (Wildman–Crippen MR) is 82.1 cm³/mol. The predicted octanol–water partition coefficient (Wildman–Crippen LogP) is 0.655. The molecule has 0 unspecified atom stereocenters. The van der Waals surface area contributed by atoms with E-state index in [0.717, 1.165) is 16.2 Å².